The zero-order chi connectivity index (χ0) is 9.68. The SMILES string of the molecule is CCCC(CC)CC1CCC[C@H]1C. The van der Waals surface area contributed by atoms with Crippen molar-refractivity contribution in [1.29, 1.82) is 0 Å². The van der Waals surface area contributed by atoms with Crippen molar-refractivity contribution in [3.8, 4) is 0 Å². The molecule has 0 aromatic rings. The highest BCUT2D eigenvalue weighted by atomic mass is 14.3. The molecule has 0 radical (unpaired) electrons. The third kappa shape index (κ3) is 3.32. The Kier molecular flexibility index (Phi) is 4.83. The second kappa shape index (κ2) is 5.67. The Hall–Kier alpha value is 0. The van der Waals surface area contributed by atoms with Crippen molar-refractivity contribution >= 4 is 0 Å². The Balaban J connectivity index is 2.27. The zero-order valence-electron chi connectivity index (χ0n) is 9.68. The minimum absolute atomic E-state index is 1.02. The van der Waals surface area contributed by atoms with E-state index < -0.39 is 0 Å². The fourth-order valence-electron chi connectivity index (χ4n) is 2.90. The maximum atomic E-state index is 2.45. The van der Waals surface area contributed by atoms with E-state index >= 15 is 0 Å². The summed E-state index contributed by atoms with van der Waals surface area (Å²) in [7, 11) is 0. The molecule has 0 saturated heterocycles. The van der Waals surface area contributed by atoms with Crippen LogP contribution in [0.5, 0.6) is 0 Å². The van der Waals surface area contributed by atoms with E-state index in [9.17, 15) is 0 Å². The summed E-state index contributed by atoms with van der Waals surface area (Å²) >= 11 is 0. The van der Waals surface area contributed by atoms with E-state index in [1.807, 2.05) is 0 Å². The number of hydrogen-bond acceptors (Lipinski definition) is 0. The molecule has 2 unspecified atom stereocenters. The molecule has 1 aliphatic rings. The van der Waals surface area contributed by atoms with E-state index in [0.29, 0.717) is 0 Å². The molecule has 0 heteroatoms. The van der Waals surface area contributed by atoms with Crippen LogP contribution in [0.4, 0.5) is 0 Å². The monoisotopic (exact) mass is 182 g/mol. The fourth-order valence-corrected chi connectivity index (χ4v) is 2.90. The Labute approximate surface area is 84.1 Å². The van der Waals surface area contributed by atoms with Crippen molar-refractivity contribution in [1.82, 2.24) is 0 Å². The van der Waals surface area contributed by atoms with Crippen molar-refractivity contribution in [3.63, 3.8) is 0 Å². The van der Waals surface area contributed by atoms with E-state index in [1.54, 1.807) is 0 Å². The lowest BCUT2D eigenvalue weighted by Crippen LogP contribution is -2.10. The van der Waals surface area contributed by atoms with Gasteiger partial charge in [-0.3, -0.25) is 0 Å². The molecule has 0 heterocycles. The summed E-state index contributed by atoms with van der Waals surface area (Å²) in [6.45, 7) is 7.14. The van der Waals surface area contributed by atoms with Gasteiger partial charge in [-0.2, -0.15) is 0 Å². The third-order valence-electron chi connectivity index (χ3n) is 3.95. The molecule has 13 heavy (non-hydrogen) atoms. The van der Waals surface area contributed by atoms with E-state index in [1.165, 1.54) is 44.9 Å². The lowest BCUT2D eigenvalue weighted by Gasteiger charge is -2.21. The van der Waals surface area contributed by atoms with Crippen LogP contribution < -0.4 is 0 Å². The molecule has 0 aliphatic heterocycles. The van der Waals surface area contributed by atoms with Gasteiger partial charge in [0.1, 0.15) is 0 Å². The van der Waals surface area contributed by atoms with Crippen molar-refractivity contribution in [3.05, 3.63) is 0 Å². The molecule has 0 aromatic carbocycles. The lowest BCUT2D eigenvalue weighted by molar-refractivity contribution is 0.298. The van der Waals surface area contributed by atoms with Gasteiger partial charge in [-0.15, -0.1) is 0 Å². The van der Waals surface area contributed by atoms with Gasteiger partial charge in [-0.25, -0.2) is 0 Å². The lowest BCUT2D eigenvalue weighted by atomic mass is 9.84. The van der Waals surface area contributed by atoms with Crippen LogP contribution in [-0.2, 0) is 0 Å². The summed E-state index contributed by atoms with van der Waals surface area (Å²) < 4.78 is 0. The van der Waals surface area contributed by atoms with Gasteiger partial charge in [-0.1, -0.05) is 59.3 Å². The van der Waals surface area contributed by atoms with Crippen molar-refractivity contribution in [2.75, 3.05) is 0 Å². The Morgan fingerprint density at radius 3 is 2.46 bits per heavy atom. The first kappa shape index (κ1) is 11.1. The summed E-state index contributed by atoms with van der Waals surface area (Å²) in [5.74, 6) is 3.11. The van der Waals surface area contributed by atoms with E-state index in [4.69, 9.17) is 0 Å². The summed E-state index contributed by atoms with van der Waals surface area (Å²) in [6.07, 6.45) is 10.3. The van der Waals surface area contributed by atoms with Gasteiger partial charge in [0, 0.05) is 0 Å². The van der Waals surface area contributed by atoms with Gasteiger partial charge in [0.05, 0.1) is 0 Å². The molecule has 1 rings (SSSR count). The molecule has 0 nitrogen and oxygen atoms in total. The standard InChI is InChI=1S/C13H26/c1-4-7-12(5-2)10-13-9-6-8-11(13)3/h11-13H,4-10H2,1-3H3/t11-,12?,13?/m1/s1. The second-order valence-electron chi connectivity index (χ2n) is 4.97. The summed E-state index contributed by atoms with van der Waals surface area (Å²) in [4.78, 5) is 0. The maximum Gasteiger partial charge on any atom is -0.0386 e. The Morgan fingerprint density at radius 2 is 2.00 bits per heavy atom. The normalized spacial score (nSPS) is 30.7. The molecule has 1 aliphatic carbocycles. The number of hydrogen-bond donors (Lipinski definition) is 0. The molecule has 3 atom stereocenters. The molecular weight excluding hydrogens is 156 g/mol. The zero-order valence-corrected chi connectivity index (χ0v) is 9.68. The van der Waals surface area contributed by atoms with Crippen LogP contribution in [0.25, 0.3) is 0 Å². The fraction of sp³-hybridized carbons (Fsp3) is 1.00. The molecular formula is C13H26. The molecule has 78 valence electrons. The van der Waals surface area contributed by atoms with Crippen LogP contribution >= 0.6 is 0 Å². The first-order valence-corrected chi connectivity index (χ1v) is 6.27. The van der Waals surface area contributed by atoms with Crippen LogP contribution in [-0.4, -0.2) is 0 Å². The Bertz CT molecular complexity index is 128. The predicted molar refractivity (Wildman–Crippen MR) is 59.8 cm³/mol. The maximum absolute atomic E-state index is 2.45. The first-order chi connectivity index (χ1) is 6.27. The average Bonchev–Trinajstić information content (AvgIpc) is 2.51. The summed E-state index contributed by atoms with van der Waals surface area (Å²) in [5.41, 5.74) is 0. The molecule has 1 saturated carbocycles. The van der Waals surface area contributed by atoms with Gasteiger partial charge in [0.25, 0.3) is 0 Å². The van der Waals surface area contributed by atoms with Crippen LogP contribution in [0, 0.1) is 17.8 Å². The minimum Gasteiger partial charge on any atom is -0.0654 e. The smallest absolute Gasteiger partial charge is 0.0386 e. The van der Waals surface area contributed by atoms with Gasteiger partial charge in [0.15, 0.2) is 0 Å². The summed E-state index contributed by atoms with van der Waals surface area (Å²) in [6, 6.07) is 0. The molecule has 0 spiro atoms. The quantitative estimate of drug-likeness (QED) is 0.581. The van der Waals surface area contributed by atoms with Gasteiger partial charge < -0.3 is 0 Å². The summed E-state index contributed by atoms with van der Waals surface area (Å²) in [5, 5.41) is 0. The van der Waals surface area contributed by atoms with Crippen molar-refractivity contribution < 1.29 is 0 Å². The highest BCUT2D eigenvalue weighted by Gasteiger charge is 2.25. The highest BCUT2D eigenvalue weighted by molar-refractivity contribution is 4.76. The third-order valence-corrected chi connectivity index (χ3v) is 3.95. The minimum atomic E-state index is 1.02. The topological polar surface area (TPSA) is 0 Å². The largest absolute Gasteiger partial charge is 0.0654 e. The van der Waals surface area contributed by atoms with E-state index in [2.05, 4.69) is 20.8 Å². The van der Waals surface area contributed by atoms with Gasteiger partial charge in [0.2, 0.25) is 0 Å². The predicted octanol–water partition coefficient (Wildman–Crippen LogP) is 4.64. The van der Waals surface area contributed by atoms with Crippen LogP contribution in [0.2, 0.25) is 0 Å². The average molecular weight is 182 g/mol. The van der Waals surface area contributed by atoms with Crippen molar-refractivity contribution in [2.45, 2.75) is 65.7 Å². The van der Waals surface area contributed by atoms with E-state index in [0.717, 1.165) is 17.8 Å². The molecule has 0 bridgehead atoms. The number of rotatable bonds is 5. The molecule has 0 aromatic heterocycles. The van der Waals surface area contributed by atoms with Crippen LogP contribution in [0.15, 0.2) is 0 Å². The highest BCUT2D eigenvalue weighted by Crippen LogP contribution is 2.37. The van der Waals surface area contributed by atoms with Gasteiger partial charge >= 0.3 is 0 Å². The second-order valence-corrected chi connectivity index (χ2v) is 4.97. The molecule has 0 amide bonds. The van der Waals surface area contributed by atoms with E-state index in [-0.39, 0.29) is 0 Å². The molecule has 1 fully saturated rings. The Morgan fingerprint density at radius 1 is 1.23 bits per heavy atom. The van der Waals surface area contributed by atoms with Gasteiger partial charge in [-0.05, 0) is 24.2 Å². The van der Waals surface area contributed by atoms with Crippen LogP contribution in [0.3, 0.4) is 0 Å². The first-order valence-electron chi connectivity index (χ1n) is 6.27. The van der Waals surface area contributed by atoms with Crippen LogP contribution in [0.1, 0.15) is 65.7 Å². The van der Waals surface area contributed by atoms with Crippen molar-refractivity contribution in [2.24, 2.45) is 17.8 Å². The molecule has 0 N–H and O–H groups in total.